The fourth-order valence-electron chi connectivity index (χ4n) is 3.50. The summed E-state index contributed by atoms with van der Waals surface area (Å²) in [7, 11) is 0. The number of hydrogen-bond acceptors (Lipinski definition) is 4. The first-order chi connectivity index (χ1) is 12.9. The van der Waals surface area contributed by atoms with E-state index in [1.165, 1.54) is 17.0 Å². The number of hydrogen-bond donors (Lipinski definition) is 1. The van der Waals surface area contributed by atoms with Gasteiger partial charge in [-0.1, -0.05) is 0 Å². The number of nitrogens with one attached hydrogen (secondary N) is 1. The number of nitrogens with zero attached hydrogens (tertiary/aromatic N) is 2. The standard InChI is InChI=1S/C20H20FN3O2S/c1-11-12(2)27-19(22-11)13-5-7-24(8-6-13)20(26)16-9-14-3-4-15(21)10-17(14)23-18(16)25/h3-4,9-10,13H,5-8H2,1-2H3,(H,23,25). The first kappa shape index (κ1) is 17.9. The molecule has 1 N–H and O–H groups in total. The average Bonchev–Trinajstić information content (AvgIpc) is 2.99. The van der Waals surface area contributed by atoms with Crippen LogP contribution in [0.4, 0.5) is 4.39 Å². The van der Waals surface area contributed by atoms with Gasteiger partial charge in [0.15, 0.2) is 0 Å². The molecule has 4 rings (SSSR count). The summed E-state index contributed by atoms with van der Waals surface area (Å²) in [4.78, 5) is 35.4. The first-order valence-electron chi connectivity index (χ1n) is 8.98. The van der Waals surface area contributed by atoms with Crippen molar-refractivity contribution in [3.63, 3.8) is 0 Å². The van der Waals surface area contributed by atoms with Crippen molar-refractivity contribution in [1.82, 2.24) is 14.9 Å². The summed E-state index contributed by atoms with van der Waals surface area (Å²) in [5.74, 6) is -0.330. The Morgan fingerprint density at radius 2 is 2.00 bits per heavy atom. The highest BCUT2D eigenvalue weighted by atomic mass is 32.1. The van der Waals surface area contributed by atoms with Gasteiger partial charge in [-0.3, -0.25) is 9.59 Å². The summed E-state index contributed by atoms with van der Waals surface area (Å²) in [5, 5.41) is 1.78. The molecule has 0 aliphatic carbocycles. The molecule has 3 heterocycles. The molecule has 0 bridgehead atoms. The van der Waals surface area contributed by atoms with E-state index in [1.807, 2.05) is 6.92 Å². The van der Waals surface area contributed by atoms with Crippen LogP contribution in [0.3, 0.4) is 0 Å². The number of carbonyl (C=O) groups is 1. The maximum atomic E-state index is 13.3. The van der Waals surface area contributed by atoms with Crippen LogP contribution in [0.2, 0.25) is 0 Å². The largest absolute Gasteiger partial charge is 0.338 e. The van der Waals surface area contributed by atoms with Crippen LogP contribution in [0.25, 0.3) is 10.9 Å². The van der Waals surface area contributed by atoms with E-state index in [4.69, 9.17) is 0 Å². The molecule has 3 aromatic rings. The van der Waals surface area contributed by atoms with E-state index < -0.39 is 11.4 Å². The van der Waals surface area contributed by atoms with Crippen molar-refractivity contribution in [3.05, 3.63) is 61.6 Å². The molecule has 27 heavy (non-hydrogen) atoms. The van der Waals surface area contributed by atoms with E-state index in [0.29, 0.717) is 29.9 Å². The molecule has 0 radical (unpaired) electrons. The predicted molar refractivity (Wildman–Crippen MR) is 104 cm³/mol. The predicted octanol–water partition coefficient (Wildman–Crippen LogP) is 3.76. The molecule has 1 aliphatic heterocycles. The van der Waals surface area contributed by atoms with Crippen LogP contribution in [0.1, 0.15) is 44.7 Å². The van der Waals surface area contributed by atoms with Crippen LogP contribution < -0.4 is 5.56 Å². The molecule has 0 spiro atoms. The van der Waals surface area contributed by atoms with Crippen LogP contribution in [0.5, 0.6) is 0 Å². The molecule has 1 amide bonds. The molecule has 0 unspecified atom stereocenters. The van der Waals surface area contributed by atoms with Gasteiger partial charge in [0.05, 0.1) is 16.2 Å². The van der Waals surface area contributed by atoms with Crippen LogP contribution in [0, 0.1) is 19.7 Å². The molecule has 0 saturated carbocycles. The molecular weight excluding hydrogens is 365 g/mol. The Balaban J connectivity index is 1.52. The number of piperidine rings is 1. The fourth-order valence-corrected chi connectivity index (χ4v) is 4.60. The lowest BCUT2D eigenvalue weighted by Gasteiger charge is -2.31. The van der Waals surface area contributed by atoms with Crippen molar-refractivity contribution in [1.29, 1.82) is 0 Å². The second-order valence-corrected chi connectivity index (χ2v) is 8.24. The Morgan fingerprint density at radius 3 is 2.67 bits per heavy atom. The van der Waals surface area contributed by atoms with Gasteiger partial charge in [-0.2, -0.15) is 0 Å². The molecular formula is C20H20FN3O2S. The number of pyridine rings is 1. The number of aromatic nitrogens is 2. The quantitative estimate of drug-likeness (QED) is 0.730. The topological polar surface area (TPSA) is 66.1 Å². The van der Waals surface area contributed by atoms with Crippen molar-refractivity contribution in [2.45, 2.75) is 32.6 Å². The van der Waals surface area contributed by atoms with E-state index in [9.17, 15) is 14.0 Å². The molecule has 5 nitrogen and oxygen atoms in total. The molecule has 1 fully saturated rings. The van der Waals surface area contributed by atoms with Gasteiger partial charge in [-0.15, -0.1) is 11.3 Å². The number of likely N-dealkylation sites (tertiary alicyclic amines) is 1. The Labute approximate surface area is 159 Å². The SMILES string of the molecule is Cc1nc(C2CCN(C(=O)c3cc4ccc(F)cc4[nH]c3=O)CC2)sc1C. The van der Waals surface area contributed by atoms with E-state index in [-0.39, 0.29) is 11.5 Å². The van der Waals surface area contributed by atoms with Crippen molar-refractivity contribution >= 4 is 28.1 Å². The van der Waals surface area contributed by atoms with E-state index in [2.05, 4.69) is 16.9 Å². The Kier molecular flexibility index (Phi) is 4.55. The minimum Gasteiger partial charge on any atom is -0.338 e. The van der Waals surface area contributed by atoms with Crippen LogP contribution in [-0.2, 0) is 0 Å². The highest BCUT2D eigenvalue weighted by Crippen LogP contribution is 2.32. The number of rotatable bonds is 2. The van der Waals surface area contributed by atoms with Crippen molar-refractivity contribution in [2.24, 2.45) is 0 Å². The zero-order valence-corrected chi connectivity index (χ0v) is 16.0. The molecule has 1 aliphatic rings. The van der Waals surface area contributed by atoms with Gasteiger partial charge in [0.2, 0.25) is 0 Å². The summed E-state index contributed by atoms with van der Waals surface area (Å²) in [5.41, 5.74) is 1.09. The second kappa shape index (κ2) is 6.88. The number of amides is 1. The summed E-state index contributed by atoms with van der Waals surface area (Å²) in [6.45, 7) is 5.29. The third-order valence-corrected chi connectivity index (χ3v) is 6.45. The van der Waals surface area contributed by atoms with E-state index in [0.717, 1.165) is 23.5 Å². The average molecular weight is 385 g/mol. The number of carbonyl (C=O) groups excluding carboxylic acids is 1. The molecule has 0 atom stereocenters. The van der Waals surface area contributed by atoms with Crippen LogP contribution >= 0.6 is 11.3 Å². The monoisotopic (exact) mass is 385 g/mol. The first-order valence-corrected chi connectivity index (χ1v) is 9.80. The maximum absolute atomic E-state index is 13.3. The zero-order valence-electron chi connectivity index (χ0n) is 15.2. The summed E-state index contributed by atoms with van der Waals surface area (Å²) in [6, 6.07) is 5.69. The summed E-state index contributed by atoms with van der Waals surface area (Å²) in [6.07, 6.45) is 1.68. The lowest BCUT2D eigenvalue weighted by molar-refractivity contribution is 0.0711. The number of aromatic amines is 1. The number of halogens is 1. The van der Waals surface area contributed by atoms with Crippen molar-refractivity contribution in [3.8, 4) is 0 Å². The van der Waals surface area contributed by atoms with Crippen LogP contribution in [-0.4, -0.2) is 33.9 Å². The Morgan fingerprint density at radius 1 is 1.26 bits per heavy atom. The van der Waals surface area contributed by atoms with Crippen molar-refractivity contribution in [2.75, 3.05) is 13.1 Å². The lowest BCUT2D eigenvalue weighted by atomic mass is 9.97. The Bertz CT molecular complexity index is 1060. The molecule has 2 aromatic heterocycles. The van der Waals surface area contributed by atoms with Gasteiger partial charge in [0.1, 0.15) is 11.4 Å². The van der Waals surface area contributed by atoms with Crippen LogP contribution in [0.15, 0.2) is 29.1 Å². The fraction of sp³-hybridized carbons (Fsp3) is 0.350. The zero-order chi connectivity index (χ0) is 19.1. The normalized spacial score (nSPS) is 15.4. The molecule has 140 valence electrons. The third-order valence-electron chi connectivity index (χ3n) is 5.21. The molecule has 7 heteroatoms. The van der Waals surface area contributed by atoms with E-state index in [1.54, 1.807) is 28.4 Å². The lowest BCUT2D eigenvalue weighted by Crippen LogP contribution is -2.40. The number of thiazole rings is 1. The number of benzene rings is 1. The molecule has 1 saturated heterocycles. The summed E-state index contributed by atoms with van der Waals surface area (Å²) >= 11 is 1.73. The summed E-state index contributed by atoms with van der Waals surface area (Å²) < 4.78 is 13.3. The second-order valence-electron chi connectivity index (χ2n) is 7.00. The minimum absolute atomic E-state index is 0.105. The van der Waals surface area contributed by atoms with Gasteiger partial charge < -0.3 is 9.88 Å². The van der Waals surface area contributed by atoms with Gasteiger partial charge in [0.25, 0.3) is 11.5 Å². The third kappa shape index (κ3) is 3.39. The van der Waals surface area contributed by atoms with Gasteiger partial charge in [-0.25, -0.2) is 9.37 Å². The van der Waals surface area contributed by atoms with Gasteiger partial charge >= 0.3 is 0 Å². The number of fused-ring (bicyclic) bond motifs is 1. The minimum atomic E-state index is -0.480. The van der Waals surface area contributed by atoms with E-state index >= 15 is 0 Å². The van der Waals surface area contributed by atoms with Gasteiger partial charge in [-0.05, 0) is 56.3 Å². The highest BCUT2D eigenvalue weighted by molar-refractivity contribution is 7.11. The highest BCUT2D eigenvalue weighted by Gasteiger charge is 2.27. The smallest absolute Gasteiger partial charge is 0.261 e. The maximum Gasteiger partial charge on any atom is 0.261 e. The molecule has 1 aromatic carbocycles. The van der Waals surface area contributed by atoms with Gasteiger partial charge in [0, 0.05) is 23.9 Å². The number of aryl methyl sites for hydroxylation is 2. The van der Waals surface area contributed by atoms with Crippen molar-refractivity contribution < 1.29 is 9.18 Å². The Hall–Kier alpha value is -2.54. The number of H-pyrrole nitrogens is 1.